The minimum atomic E-state index is -0.667. The monoisotopic (exact) mass is 371 g/mol. The lowest BCUT2D eigenvalue weighted by atomic mass is 9.46. The highest BCUT2D eigenvalue weighted by atomic mass is 16.3. The molecule has 5 saturated carbocycles. The van der Waals surface area contributed by atoms with Crippen LogP contribution in [0.25, 0.3) is 0 Å². The Kier molecular flexibility index (Phi) is 3.69. The molecule has 6 fully saturated rings. The maximum atomic E-state index is 13.7. The summed E-state index contributed by atoms with van der Waals surface area (Å²) in [6.07, 6.45) is 7.22. The summed E-state index contributed by atoms with van der Waals surface area (Å²) in [4.78, 5) is 27.2. The van der Waals surface area contributed by atoms with Crippen LogP contribution in [-0.4, -0.2) is 46.1 Å². The molecular formula is C21H29N3O3. The standard InChI is InChI=1S/C21H29N3O3/c1-12-16-5-15(2-3-22)24(17(12)16)19(26)18(23-11-25)20-6-13-4-14(7-20)9-21(27,8-13)10-20/h11-18,27H,2,4-10H2,1H3,(H,23,25)/t12-,13?,14?,15+,16+,17-,18+,20?,21?/m0/s1. The zero-order chi connectivity index (χ0) is 19.0. The second-order valence-corrected chi connectivity index (χ2v) is 10.3. The van der Waals surface area contributed by atoms with E-state index in [-0.39, 0.29) is 23.4 Å². The number of fused-ring (bicyclic) bond motifs is 1. The van der Waals surface area contributed by atoms with E-state index in [4.69, 9.17) is 0 Å². The highest BCUT2D eigenvalue weighted by Crippen LogP contribution is 2.63. The van der Waals surface area contributed by atoms with E-state index in [0.29, 0.717) is 42.9 Å². The van der Waals surface area contributed by atoms with Gasteiger partial charge in [-0.15, -0.1) is 0 Å². The fourth-order valence-corrected chi connectivity index (χ4v) is 7.97. The van der Waals surface area contributed by atoms with E-state index in [2.05, 4.69) is 18.3 Å². The summed E-state index contributed by atoms with van der Waals surface area (Å²) in [6.45, 7) is 2.17. The molecule has 6 nitrogen and oxygen atoms in total. The van der Waals surface area contributed by atoms with E-state index < -0.39 is 11.6 Å². The van der Waals surface area contributed by atoms with Gasteiger partial charge in [-0.2, -0.15) is 5.26 Å². The average molecular weight is 371 g/mol. The van der Waals surface area contributed by atoms with E-state index in [9.17, 15) is 20.0 Å². The number of piperidine rings is 1. The van der Waals surface area contributed by atoms with Crippen molar-refractivity contribution in [3.8, 4) is 6.07 Å². The number of amides is 2. The van der Waals surface area contributed by atoms with Crippen LogP contribution in [0.5, 0.6) is 0 Å². The summed E-state index contributed by atoms with van der Waals surface area (Å²) in [6, 6.07) is 1.87. The molecule has 2 amide bonds. The highest BCUT2D eigenvalue weighted by Gasteiger charge is 2.65. The van der Waals surface area contributed by atoms with Crippen LogP contribution in [-0.2, 0) is 9.59 Å². The number of nitriles is 1. The summed E-state index contributed by atoms with van der Waals surface area (Å²) in [5.74, 6) is 1.90. The van der Waals surface area contributed by atoms with Gasteiger partial charge in [0.15, 0.2) is 0 Å². The van der Waals surface area contributed by atoms with Gasteiger partial charge in [-0.05, 0) is 68.6 Å². The number of aliphatic hydroxyl groups is 1. The van der Waals surface area contributed by atoms with Gasteiger partial charge < -0.3 is 15.3 Å². The Morgan fingerprint density at radius 3 is 2.63 bits per heavy atom. The van der Waals surface area contributed by atoms with Crippen LogP contribution in [0.2, 0.25) is 0 Å². The molecule has 2 N–H and O–H groups in total. The van der Waals surface area contributed by atoms with Crippen molar-refractivity contribution in [2.75, 3.05) is 0 Å². The van der Waals surface area contributed by atoms with E-state index in [1.807, 2.05) is 4.90 Å². The van der Waals surface area contributed by atoms with Gasteiger partial charge in [-0.25, -0.2) is 0 Å². The lowest BCUT2D eigenvalue weighted by Crippen LogP contribution is -2.65. The second kappa shape index (κ2) is 5.70. The molecule has 0 aromatic heterocycles. The van der Waals surface area contributed by atoms with Gasteiger partial charge in [0.25, 0.3) is 0 Å². The van der Waals surface area contributed by atoms with Gasteiger partial charge in [-0.3, -0.25) is 9.59 Å². The van der Waals surface area contributed by atoms with Crippen LogP contribution in [0.1, 0.15) is 58.3 Å². The second-order valence-electron chi connectivity index (χ2n) is 10.3. The molecule has 0 aromatic carbocycles. The molecule has 6 aliphatic rings. The molecular weight excluding hydrogens is 342 g/mol. The molecule has 1 heterocycles. The van der Waals surface area contributed by atoms with Crippen molar-refractivity contribution in [2.45, 2.75) is 82.0 Å². The van der Waals surface area contributed by atoms with Crippen molar-refractivity contribution < 1.29 is 14.7 Å². The van der Waals surface area contributed by atoms with E-state index in [1.165, 1.54) is 0 Å². The fourth-order valence-electron chi connectivity index (χ4n) is 7.97. The number of hydrogen-bond donors (Lipinski definition) is 2. The summed E-state index contributed by atoms with van der Waals surface area (Å²) >= 11 is 0. The predicted molar refractivity (Wildman–Crippen MR) is 97.0 cm³/mol. The molecule has 4 bridgehead atoms. The molecule has 5 aliphatic carbocycles. The van der Waals surface area contributed by atoms with Crippen LogP contribution in [0.3, 0.4) is 0 Å². The number of nitrogens with zero attached hydrogens (tertiary/aromatic N) is 2. The molecule has 7 atom stereocenters. The van der Waals surface area contributed by atoms with E-state index >= 15 is 0 Å². The third-order valence-corrected chi connectivity index (χ3v) is 8.52. The predicted octanol–water partition coefficient (Wildman–Crippen LogP) is 1.58. The number of nitrogens with one attached hydrogen (secondary N) is 1. The van der Waals surface area contributed by atoms with Crippen LogP contribution in [0.15, 0.2) is 0 Å². The highest BCUT2D eigenvalue weighted by molar-refractivity contribution is 5.86. The number of rotatable bonds is 5. The first-order chi connectivity index (χ1) is 12.9. The number of hydrogen-bond acceptors (Lipinski definition) is 4. The SMILES string of the molecule is C[C@H]1[C@H]2C[C@@H](CC#N)N(C(=O)[C@@H](NC=O)C34CC5CC(CC(O)(C5)C3)C4)[C@@H]12. The van der Waals surface area contributed by atoms with Crippen LogP contribution in [0.4, 0.5) is 0 Å². The third-order valence-electron chi connectivity index (χ3n) is 8.52. The normalized spacial score (nSPS) is 50.0. The van der Waals surface area contributed by atoms with Gasteiger partial charge in [-0.1, -0.05) is 6.92 Å². The molecule has 27 heavy (non-hydrogen) atoms. The van der Waals surface area contributed by atoms with Crippen LogP contribution < -0.4 is 5.32 Å². The summed E-state index contributed by atoms with van der Waals surface area (Å²) in [5.41, 5.74) is -0.996. The molecule has 6 heteroatoms. The average Bonchev–Trinajstić information content (AvgIpc) is 3.03. The zero-order valence-corrected chi connectivity index (χ0v) is 15.9. The minimum Gasteiger partial charge on any atom is -0.390 e. The molecule has 0 radical (unpaired) electrons. The lowest BCUT2D eigenvalue weighted by Gasteiger charge is -2.62. The van der Waals surface area contributed by atoms with E-state index in [0.717, 1.165) is 38.5 Å². The van der Waals surface area contributed by atoms with Crippen molar-refractivity contribution in [1.82, 2.24) is 10.2 Å². The molecule has 2 unspecified atom stereocenters. The quantitative estimate of drug-likeness (QED) is 0.718. The van der Waals surface area contributed by atoms with Gasteiger partial charge in [0.1, 0.15) is 6.04 Å². The van der Waals surface area contributed by atoms with Crippen molar-refractivity contribution in [2.24, 2.45) is 29.1 Å². The van der Waals surface area contributed by atoms with Crippen molar-refractivity contribution >= 4 is 12.3 Å². The largest absolute Gasteiger partial charge is 0.390 e. The maximum absolute atomic E-state index is 13.7. The maximum Gasteiger partial charge on any atom is 0.246 e. The Bertz CT molecular complexity index is 702. The summed E-state index contributed by atoms with van der Waals surface area (Å²) < 4.78 is 0. The third kappa shape index (κ3) is 2.47. The Hall–Kier alpha value is -1.61. The Morgan fingerprint density at radius 2 is 2.04 bits per heavy atom. The zero-order valence-electron chi connectivity index (χ0n) is 15.9. The topological polar surface area (TPSA) is 93.4 Å². The van der Waals surface area contributed by atoms with E-state index in [1.54, 1.807) is 0 Å². The molecule has 0 spiro atoms. The Morgan fingerprint density at radius 1 is 1.33 bits per heavy atom. The number of likely N-dealkylation sites (tertiary alicyclic amines) is 1. The minimum absolute atomic E-state index is 0.00949. The molecule has 0 aromatic rings. The number of carbonyl (C=O) groups is 2. The Balaban J connectivity index is 1.46. The molecule has 146 valence electrons. The smallest absolute Gasteiger partial charge is 0.246 e. The van der Waals surface area contributed by atoms with Gasteiger partial charge in [0, 0.05) is 17.5 Å². The van der Waals surface area contributed by atoms with Crippen LogP contribution in [0, 0.1) is 40.4 Å². The Labute approximate surface area is 160 Å². The first-order valence-electron chi connectivity index (χ1n) is 10.5. The summed E-state index contributed by atoms with van der Waals surface area (Å²) in [7, 11) is 0. The molecule has 1 aliphatic heterocycles. The number of carbonyl (C=O) groups excluding carboxylic acids is 2. The summed E-state index contributed by atoms with van der Waals surface area (Å²) in [5, 5.41) is 23.2. The van der Waals surface area contributed by atoms with Crippen molar-refractivity contribution in [3.05, 3.63) is 0 Å². The fraction of sp³-hybridized carbons (Fsp3) is 0.857. The first-order valence-corrected chi connectivity index (χ1v) is 10.5. The van der Waals surface area contributed by atoms with Gasteiger partial charge in [0.2, 0.25) is 12.3 Å². The molecule has 6 rings (SSSR count). The van der Waals surface area contributed by atoms with Crippen molar-refractivity contribution in [3.63, 3.8) is 0 Å². The van der Waals surface area contributed by atoms with Crippen LogP contribution >= 0.6 is 0 Å². The first kappa shape index (κ1) is 17.5. The van der Waals surface area contributed by atoms with Gasteiger partial charge in [0.05, 0.1) is 18.1 Å². The van der Waals surface area contributed by atoms with Gasteiger partial charge >= 0.3 is 0 Å². The lowest BCUT2D eigenvalue weighted by molar-refractivity contribution is -0.181. The molecule has 1 saturated heterocycles. The van der Waals surface area contributed by atoms with Crippen molar-refractivity contribution in [1.29, 1.82) is 5.26 Å².